The van der Waals surface area contributed by atoms with Gasteiger partial charge < -0.3 is 5.73 Å². The van der Waals surface area contributed by atoms with Crippen LogP contribution in [0.4, 0.5) is 20.2 Å². The molecule has 0 saturated heterocycles. The van der Waals surface area contributed by atoms with Crippen LogP contribution in [0.5, 0.6) is 0 Å². The number of anilines is 1. The Labute approximate surface area is 89.0 Å². The van der Waals surface area contributed by atoms with Gasteiger partial charge in [-0.2, -0.15) is 0 Å². The lowest BCUT2D eigenvalue weighted by Crippen LogP contribution is -2.08. The van der Waals surface area contributed by atoms with Crippen LogP contribution in [-0.4, -0.2) is 10.7 Å². The number of nitrogens with zero attached hydrogens (tertiary/aromatic N) is 1. The van der Waals surface area contributed by atoms with Crippen molar-refractivity contribution in [1.82, 2.24) is 0 Å². The molecule has 0 amide bonds. The molecular weight excluding hydrogens is 222 g/mol. The van der Waals surface area contributed by atoms with Gasteiger partial charge in [0.2, 0.25) is 0 Å². The van der Waals surface area contributed by atoms with Gasteiger partial charge in [0, 0.05) is 5.69 Å². The Hall–Kier alpha value is -2.05. The first-order valence-corrected chi connectivity index (χ1v) is 4.22. The van der Waals surface area contributed by atoms with Gasteiger partial charge >= 0.3 is 0 Å². The number of Topliss-reactive ketones (excluding diaryl/α,β-unsaturated/α-hetero) is 1. The second-order valence-electron chi connectivity index (χ2n) is 3.08. The smallest absolute Gasteiger partial charge is 0.291 e. The monoisotopic (exact) mass is 230 g/mol. The molecule has 7 heteroatoms. The van der Waals surface area contributed by atoms with Crippen molar-refractivity contribution in [2.75, 3.05) is 5.73 Å². The number of halogens is 2. The second-order valence-corrected chi connectivity index (χ2v) is 3.08. The summed E-state index contributed by atoms with van der Waals surface area (Å²) in [5, 5.41) is 10.7. The van der Waals surface area contributed by atoms with E-state index in [4.69, 9.17) is 5.73 Å². The zero-order valence-corrected chi connectivity index (χ0v) is 8.24. The predicted molar refractivity (Wildman–Crippen MR) is 52.5 cm³/mol. The Morgan fingerprint density at radius 1 is 1.50 bits per heavy atom. The van der Waals surface area contributed by atoms with E-state index in [0.29, 0.717) is 0 Å². The number of carbonyl (C=O) groups is 1. The van der Waals surface area contributed by atoms with Crippen molar-refractivity contribution in [2.24, 2.45) is 0 Å². The Balaban J connectivity index is 3.63. The van der Waals surface area contributed by atoms with Crippen LogP contribution in [0.2, 0.25) is 0 Å². The van der Waals surface area contributed by atoms with E-state index in [1.807, 2.05) is 0 Å². The summed E-state index contributed by atoms with van der Waals surface area (Å²) >= 11 is 0. The van der Waals surface area contributed by atoms with E-state index in [-0.39, 0.29) is 5.69 Å². The van der Waals surface area contributed by atoms with E-state index in [1.54, 1.807) is 0 Å². The molecule has 16 heavy (non-hydrogen) atoms. The predicted octanol–water partition coefficient (Wildman–Crippen LogP) is 2.32. The molecule has 0 aliphatic carbocycles. The first-order chi connectivity index (χ1) is 7.36. The second kappa shape index (κ2) is 4.21. The lowest BCUT2D eigenvalue weighted by atomic mass is 10.0. The largest absolute Gasteiger partial charge is 0.398 e. The molecule has 0 unspecified atom stereocenters. The van der Waals surface area contributed by atoms with Crippen LogP contribution in [0.3, 0.4) is 0 Å². The summed E-state index contributed by atoms with van der Waals surface area (Å²) in [5.74, 6) is -0.716. The molecule has 0 aromatic heterocycles. The van der Waals surface area contributed by atoms with Gasteiger partial charge in [-0.25, -0.2) is 8.78 Å². The van der Waals surface area contributed by atoms with Gasteiger partial charge in [-0.3, -0.25) is 14.9 Å². The summed E-state index contributed by atoms with van der Waals surface area (Å²) in [6, 6.07) is 1.91. The molecule has 0 bridgehead atoms. The van der Waals surface area contributed by atoms with E-state index < -0.39 is 33.9 Å². The van der Waals surface area contributed by atoms with Gasteiger partial charge in [-0.05, 0) is 19.1 Å². The highest BCUT2D eigenvalue weighted by Crippen LogP contribution is 2.35. The third-order valence-electron chi connectivity index (χ3n) is 2.01. The minimum atomic E-state index is -3.03. The Morgan fingerprint density at radius 2 is 2.06 bits per heavy atom. The molecule has 0 aliphatic heterocycles. The number of nitro groups is 1. The van der Waals surface area contributed by atoms with Gasteiger partial charge in [0.15, 0.2) is 5.78 Å². The van der Waals surface area contributed by atoms with Crippen molar-refractivity contribution in [3.05, 3.63) is 33.4 Å². The number of nitrogens with two attached hydrogens (primary N) is 1. The number of carbonyl (C=O) groups excluding carboxylic acids is 1. The molecule has 1 aromatic rings. The topological polar surface area (TPSA) is 86.2 Å². The van der Waals surface area contributed by atoms with E-state index >= 15 is 0 Å². The molecule has 0 radical (unpaired) electrons. The molecule has 0 fully saturated rings. The highest BCUT2D eigenvalue weighted by Gasteiger charge is 2.29. The molecule has 0 spiro atoms. The molecule has 0 aliphatic rings. The third-order valence-corrected chi connectivity index (χ3v) is 2.01. The summed E-state index contributed by atoms with van der Waals surface area (Å²) in [7, 11) is 0. The van der Waals surface area contributed by atoms with Crippen molar-refractivity contribution in [1.29, 1.82) is 0 Å². The van der Waals surface area contributed by atoms with Crippen LogP contribution in [0.25, 0.3) is 0 Å². The zero-order chi connectivity index (χ0) is 12.5. The average Bonchev–Trinajstić information content (AvgIpc) is 2.15. The number of alkyl halides is 2. The number of hydrogen-bond donors (Lipinski definition) is 1. The molecular formula is C9H8F2N2O3. The van der Waals surface area contributed by atoms with Gasteiger partial charge in [-0.15, -0.1) is 0 Å². The van der Waals surface area contributed by atoms with Gasteiger partial charge in [0.1, 0.15) is 5.56 Å². The minimum Gasteiger partial charge on any atom is -0.398 e. The lowest BCUT2D eigenvalue weighted by molar-refractivity contribution is -0.386. The highest BCUT2D eigenvalue weighted by atomic mass is 19.3. The zero-order valence-electron chi connectivity index (χ0n) is 8.24. The van der Waals surface area contributed by atoms with E-state index in [0.717, 1.165) is 19.1 Å². The lowest BCUT2D eigenvalue weighted by Gasteiger charge is -2.07. The number of hydrogen-bond acceptors (Lipinski definition) is 4. The van der Waals surface area contributed by atoms with Crippen molar-refractivity contribution in [2.45, 2.75) is 13.3 Å². The van der Waals surface area contributed by atoms with Crippen LogP contribution >= 0.6 is 0 Å². The molecule has 0 heterocycles. The maximum atomic E-state index is 12.5. The van der Waals surface area contributed by atoms with Crippen LogP contribution in [-0.2, 0) is 0 Å². The van der Waals surface area contributed by atoms with Crippen LogP contribution in [0, 0.1) is 10.1 Å². The normalized spacial score (nSPS) is 10.5. The minimum absolute atomic E-state index is 0.177. The quantitative estimate of drug-likeness (QED) is 0.373. The van der Waals surface area contributed by atoms with Crippen molar-refractivity contribution < 1.29 is 18.5 Å². The molecule has 86 valence electrons. The molecule has 0 atom stereocenters. The molecule has 2 N–H and O–H groups in total. The first-order valence-electron chi connectivity index (χ1n) is 4.22. The van der Waals surface area contributed by atoms with Crippen molar-refractivity contribution in [3.8, 4) is 0 Å². The summed E-state index contributed by atoms with van der Waals surface area (Å²) < 4.78 is 25.0. The Bertz CT molecular complexity index is 460. The van der Waals surface area contributed by atoms with E-state index in [1.165, 1.54) is 0 Å². The van der Waals surface area contributed by atoms with Crippen LogP contribution < -0.4 is 5.73 Å². The number of nitrogen functional groups attached to an aromatic ring is 1. The van der Waals surface area contributed by atoms with Crippen LogP contribution in [0.15, 0.2) is 12.1 Å². The van der Waals surface area contributed by atoms with Gasteiger partial charge in [-0.1, -0.05) is 0 Å². The maximum Gasteiger partial charge on any atom is 0.291 e. The Morgan fingerprint density at radius 3 is 2.44 bits per heavy atom. The summed E-state index contributed by atoms with van der Waals surface area (Å²) in [5.41, 5.74) is 3.00. The maximum absolute atomic E-state index is 12.5. The summed E-state index contributed by atoms with van der Waals surface area (Å²) in [6.45, 7) is 1.04. The summed E-state index contributed by atoms with van der Waals surface area (Å²) in [6.07, 6.45) is -3.03. The first kappa shape index (κ1) is 12.0. The van der Waals surface area contributed by atoms with E-state index in [9.17, 15) is 23.7 Å². The number of nitro benzene ring substituents is 1. The molecule has 5 nitrogen and oxygen atoms in total. The molecule has 1 aromatic carbocycles. The Kier molecular flexibility index (Phi) is 3.17. The molecule has 1 rings (SSSR count). The average molecular weight is 230 g/mol. The number of rotatable bonds is 3. The van der Waals surface area contributed by atoms with Crippen molar-refractivity contribution >= 4 is 17.2 Å². The number of benzene rings is 1. The van der Waals surface area contributed by atoms with Gasteiger partial charge in [0.05, 0.1) is 10.5 Å². The highest BCUT2D eigenvalue weighted by molar-refractivity contribution is 6.03. The van der Waals surface area contributed by atoms with Crippen molar-refractivity contribution in [3.63, 3.8) is 0 Å². The fourth-order valence-electron chi connectivity index (χ4n) is 1.37. The molecule has 0 saturated carbocycles. The van der Waals surface area contributed by atoms with Gasteiger partial charge in [0.25, 0.3) is 12.1 Å². The summed E-state index contributed by atoms with van der Waals surface area (Å²) in [4.78, 5) is 20.8. The number of ketones is 1. The van der Waals surface area contributed by atoms with E-state index in [2.05, 4.69) is 0 Å². The fraction of sp³-hybridized carbons (Fsp3) is 0.222. The fourth-order valence-corrected chi connectivity index (χ4v) is 1.37. The van der Waals surface area contributed by atoms with Crippen LogP contribution in [0.1, 0.15) is 29.3 Å². The SMILES string of the molecule is CC(=O)c1c(N)ccc(C(F)F)c1[N+](=O)[O-]. The standard InChI is InChI=1S/C9H8F2N2O3/c1-4(14)7-6(12)3-2-5(9(10)11)8(7)13(15)16/h2-3,9H,12H2,1H3. The third kappa shape index (κ3) is 1.97.